The summed E-state index contributed by atoms with van der Waals surface area (Å²) in [5, 5.41) is 15.9. The lowest BCUT2D eigenvalue weighted by molar-refractivity contribution is 0.184. The average molecular weight is 482 g/mol. The quantitative estimate of drug-likeness (QED) is 0.475. The van der Waals surface area contributed by atoms with Gasteiger partial charge in [-0.2, -0.15) is 5.26 Å². The van der Waals surface area contributed by atoms with Gasteiger partial charge in [0.2, 0.25) is 5.65 Å². The van der Waals surface area contributed by atoms with E-state index in [-0.39, 0.29) is 17.4 Å². The largest absolute Gasteiger partial charge is 0.353 e. The topological polar surface area (TPSA) is 127 Å². The Morgan fingerprint density at radius 2 is 1.92 bits per heavy atom. The lowest BCUT2D eigenvalue weighted by atomic mass is 9.95. The molecule has 2 aliphatic heterocycles. The van der Waals surface area contributed by atoms with Crippen molar-refractivity contribution in [3.8, 4) is 6.07 Å². The molecule has 0 aliphatic carbocycles. The third-order valence-electron chi connectivity index (χ3n) is 6.88. The third kappa shape index (κ3) is 3.73. The van der Waals surface area contributed by atoms with Crippen molar-refractivity contribution in [2.45, 2.75) is 19.4 Å². The molecule has 2 aliphatic rings. The van der Waals surface area contributed by atoms with Crippen LogP contribution in [0.15, 0.2) is 59.8 Å². The minimum atomic E-state index is -0.284. The van der Waals surface area contributed by atoms with Crippen LogP contribution in [0, 0.1) is 17.2 Å². The second-order valence-electron chi connectivity index (χ2n) is 9.04. The van der Waals surface area contributed by atoms with Crippen molar-refractivity contribution in [3.05, 3.63) is 76.7 Å². The zero-order chi connectivity index (χ0) is 24.6. The van der Waals surface area contributed by atoms with Crippen LogP contribution >= 0.6 is 0 Å². The van der Waals surface area contributed by atoms with Gasteiger partial charge in [0.1, 0.15) is 11.8 Å². The molecular weight excluding hydrogens is 458 g/mol. The molecule has 6 rings (SSSR count). The standard InChI is InChI=1S/C25H23N9O2/c26-14-19-13-20(5-8-27-19)34-21-4-2-1-3-18(21)16-32(25(34)36)15-17-6-10-31(11-7-17)22-23-29-30-24(35)33(23)12-9-28-22/h1-5,8-9,12-13,17H,6-7,10-11,15-16H2,(H,30,35). The number of rotatable bonds is 4. The predicted molar refractivity (Wildman–Crippen MR) is 132 cm³/mol. The van der Waals surface area contributed by atoms with Gasteiger partial charge in [-0.3, -0.25) is 4.90 Å². The Morgan fingerprint density at radius 3 is 2.75 bits per heavy atom. The number of H-pyrrole nitrogens is 1. The van der Waals surface area contributed by atoms with Gasteiger partial charge in [0.15, 0.2) is 5.82 Å². The third-order valence-corrected chi connectivity index (χ3v) is 6.88. The van der Waals surface area contributed by atoms with Crippen molar-refractivity contribution in [1.82, 2.24) is 29.5 Å². The molecule has 0 saturated carbocycles. The summed E-state index contributed by atoms with van der Waals surface area (Å²) in [4.78, 5) is 39.8. The highest BCUT2D eigenvalue weighted by molar-refractivity contribution is 6.01. The number of carbonyl (C=O) groups excluding carboxylic acids is 1. The first-order valence-electron chi connectivity index (χ1n) is 11.8. The number of hydrogen-bond acceptors (Lipinski definition) is 7. The number of aromatic amines is 1. The van der Waals surface area contributed by atoms with Gasteiger partial charge in [-0.15, -0.1) is 5.10 Å². The summed E-state index contributed by atoms with van der Waals surface area (Å²) in [6.07, 6.45) is 6.54. The van der Waals surface area contributed by atoms with Crippen molar-refractivity contribution in [3.63, 3.8) is 0 Å². The maximum atomic E-state index is 13.7. The Bertz CT molecular complexity index is 1540. The number of fused-ring (bicyclic) bond motifs is 2. The first-order valence-corrected chi connectivity index (χ1v) is 11.8. The molecule has 0 unspecified atom stereocenters. The van der Waals surface area contributed by atoms with Crippen molar-refractivity contribution < 1.29 is 4.79 Å². The normalized spacial score (nSPS) is 16.3. The molecule has 5 heterocycles. The summed E-state index contributed by atoms with van der Waals surface area (Å²) < 4.78 is 1.46. The molecule has 4 aromatic rings. The molecule has 36 heavy (non-hydrogen) atoms. The van der Waals surface area contributed by atoms with Crippen LogP contribution in [0.25, 0.3) is 5.65 Å². The van der Waals surface area contributed by atoms with Crippen LogP contribution in [0.5, 0.6) is 0 Å². The maximum Gasteiger partial charge on any atom is 0.347 e. The fraction of sp³-hybridized carbons (Fsp3) is 0.280. The predicted octanol–water partition coefficient (Wildman–Crippen LogP) is 2.67. The minimum Gasteiger partial charge on any atom is -0.353 e. The Hall–Kier alpha value is -4.72. The summed E-state index contributed by atoms with van der Waals surface area (Å²) >= 11 is 0. The van der Waals surface area contributed by atoms with Crippen molar-refractivity contribution in [2.75, 3.05) is 29.4 Å². The molecule has 1 saturated heterocycles. The highest BCUT2D eigenvalue weighted by atomic mass is 16.2. The number of carbonyl (C=O) groups is 1. The SMILES string of the molecule is N#Cc1cc(N2C(=O)N(CC3CCN(c4nccn5c(=O)[nH]nc45)CC3)Cc3ccccc32)ccn1. The molecule has 1 N–H and O–H groups in total. The highest BCUT2D eigenvalue weighted by Gasteiger charge is 2.34. The van der Waals surface area contributed by atoms with E-state index in [0.717, 1.165) is 37.2 Å². The van der Waals surface area contributed by atoms with Crippen LogP contribution in [0.3, 0.4) is 0 Å². The lowest BCUT2D eigenvalue weighted by Crippen LogP contribution is -2.48. The van der Waals surface area contributed by atoms with E-state index in [1.807, 2.05) is 29.2 Å². The molecule has 1 aromatic carbocycles. The lowest BCUT2D eigenvalue weighted by Gasteiger charge is -2.40. The summed E-state index contributed by atoms with van der Waals surface area (Å²) in [5.41, 5.74) is 3.03. The van der Waals surface area contributed by atoms with E-state index in [0.29, 0.717) is 36.2 Å². The summed E-state index contributed by atoms with van der Waals surface area (Å²) in [5.74, 6) is 1.01. The molecule has 0 bridgehead atoms. The Balaban J connectivity index is 1.20. The van der Waals surface area contributed by atoms with Gasteiger partial charge >= 0.3 is 11.7 Å². The molecular formula is C25H23N9O2. The fourth-order valence-electron chi connectivity index (χ4n) is 5.08. The first kappa shape index (κ1) is 21.8. The molecule has 0 spiro atoms. The van der Waals surface area contributed by atoms with Gasteiger partial charge in [0, 0.05) is 44.8 Å². The molecule has 0 radical (unpaired) electrons. The summed E-state index contributed by atoms with van der Waals surface area (Å²) in [6.45, 7) is 2.69. The molecule has 180 valence electrons. The number of anilines is 3. The van der Waals surface area contributed by atoms with E-state index in [1.54, 1.807) is 35.6 Å². The van der Waals surface area contributed by atoms with Gasteiger partial charge in [0.05, 0.1) is 11.4 Å². The van der Waals surface area contributed by atoms with E-state index in [9.17, 15) is 14.9 Å². The number of nitrogens with zero attached hydrogens (tertiary/aromatic N) is 8. The van der Waals surface area contributed by atoms with Crippen molar-refractivity contribution in [1.29, 1.82) is 5.26 Å². The van der Waals surface area contributed by atoms with Crippen molar-refractivity contribution in [2.24, 2.45) is 5.92 Å². The molecule has 2 amide bonds. The van der Waals surface area contributed by atoms with E-state index in [4.69, 9.17) is 0 Å². The number of urea groups is 1. The number of para-hydroxylation sites is 1. The molecule has 11 heteroatoms. The van der Waals surface area contributed by atoms with Crippen LogP contribution in [0.4, 0.5) is 22.0 Å². The van der Waals surface area contributed by atoms with Crippen molar-refractivity contribution >= 4 is 28.9 Å². The van der Waals surface area contributed by atoms with E-state index in [1.165, 1.54) is 4.40 Å². The van der Waals surface area contributed by atoms with E-state index >= 15 is 0 Å². The number of nitrogens with one attached hydrogen (secondary N) is 1. The summed E-state index contributed by atoms with van der Waals surface area (Å²) in [6, 6.07) is 13.2. The van der Waals surface area contributed by atoms with Crippen LogP contribution in [0.1, 0.15) is 24.1 Å². The van der Waals surface area contributed by atoms with Gasteiger partial charge < -0.3 is 9.80 Å². The molecule has 11 nitrogen and oxygen atoms in total. The Morgan fingerprint density at radius 1 is 1.08 bits per heavy atom. The van der Waals surface area contributed by atoms with Gasteiger partial charge in [0.25, 0.3) is 0 Å². The second kappa shape index (κ2) is 8.81. The Labute approximate surface area is 206 Å². The van der Waals surface area contributed by atoms with E-state index in [2.05, 4.69) is 31.1 Å². The number of aromatic nitrogens is 5. The zero-order valence-electron chi connectivity index (χ0n) is 19.4. The second-order valence-corrected chi connectivity index (χ2v) is 9.04. The number of nitriles is 1. The summed E-state index contributed by atoms with van der Waals surface area (Å²) in [7, 11) is 0. The van der Waals surface area contributed by atoms with Gasteiger partial charge in [-0.1, -0.05) is 18.2 Å². The maximum absolute atomic E-state index is 13.7. The van der Waals surface area contributed by atoms with E-state index < -0.39 is 0 Å². The van der Waals surface area contributed by atoms with Crippen LogP contribution in [0.2, 0.25) is 0 Å². The molecule has 0 atom stereocenters. The molecule has 1 fully saturated rings. The highest BCUT2D eigenvalue weighted by Crippen LogP contribution is 2.36. The number of pyridine rings is 1. The monoisotopic (exact) mass is 481 g/mol. The van der Waals surface area contributed by atoms with Gasteiger partial charge in [-0.25, -0.2) is 29.1 Å². The van der Waals surface area contributed by atoms with Crippen LogP contribution < -0.4 is 15.5 Å². The zero-order valence-corrected chi connectivity index (χ0v) is 19.4. The average Bonchev–Trinajstić information content (AvgIpc) is 3.30. The smallest absolute Gasteiger partial charge is 0.347 e. The van der Waals surface area contributed by atoms with Crippen LogP contribution in [-0.4, -0.2) is 55.1 Å². The number of amides is 2. The van der Waals surface area contributed by atoms with Gasteiger partial charge in [-0.05, 0) is 42.5 Å². The minimum absolute atomic E-state index is 0.103. The number of benzene rings is 1. The number of hydrogen-bond donors (Lipinski definition) is 1. The number of piperidine rings is 1. The molecule has 3 aromatic heterocycles. The first-order chi connectivity index (χ1) is 17.6. The Kier molecular flexibility index (Phi) is 5.33. The van der Waals surface area contributed by atoms with Crippen LogP contribution in [-0.2, 0) is 6.54 Å². The fourth-order valence-corrected chi connectivity index (χ4v) is 5.08.